The highest BCUT2D eigenvalue weighted by molar-refractivity contribution is 9.10. The Morgan fingerprint density at radius 3 is 2.95 bits per heavy atom. The minimum atomic E-state index is -0.369. The summed E-state index contributed by atoms with van der Waals surface area (Å²) < 4.78 is 15.8. The molecule has 1 heterocycles. The van der Waals surface area contributed by atoms with Gasteiger partial charge in [-0.3, -0.25) is 4.79 Å². The van der Waals surface area contributed by atoms with E-state index < -0.39 is 0 Å². The first-order chi connectivity index (χ1) is 10.1. The molecule has 3 rings (SSSR count). The van der Waals surface area contributed by atoms with Gasteiger partial charge in [0.2, 0.25) is 5.91 Å². The van der Waals surface area contributed by atoms with Gasteiger partial charge in [0.15, 0.2) is 0 Å². The number of aryl methyl sites for hydroxylation is 1. The van der Waals surface area contributed by atoms with Gasteiger partial charge >= 0.3 is 0 Å². The Morgan fingerprint density at radius 2 is 2.29 bits per heavy atom. The fraction of sp³-hybridized carbons (Fsp3) is 0.429. The number of carbonyl (C=O) groups is 1. The summed E-state index contributed by atoms with van der Waals surface area (Å²) in [5.74, 6) is 0.681. The van der Waals surface area contributed by atoms with Crippen LogP contribution in [0.2, 0.25) is 0 Å². The second kappa shape index (κ2) is 5.93. The van der Waals surface area contributed by atoms with Crippen LogP contribution in [-0.2, 0) is 17.8 Å². The summed E-state index contributed by atoms with van der Waals surface area (Å²) in [5, 5.41) is 2.95. The van der Waals surface area contributed by atoms with E-state index in [2.05, 4.69) is 26.2 Å². The zero-order valence-corrected chi connectivity index (χ0v) is 13.5. The van der Waals surface area contributed by atoms with Crippen LogP contribution in [-0.4, -0.2) is 27.4 Å². The van der Waals surface area contributed by atoms with Crippen LogP contribution < -0.4 is 5.32 Å². The molecule has 112 valence electrons. The van der Waals surface area contributed by atoms with E-state index in [9.17, 15) is 9.18 Å². The van der Waals surface area contributed by atoms with E-state index in [1.807, 2.05) is 0 Å². The zero-order valence-electron chi connectivity index (χ0n) is 11.2. The Bertz CT molecular complexity index is 699. The molecule has 7 heteroatoms. The highest BCUT2D eigenvalue weighted by Crippen LogP contribution is 2.25. The number of fused-ring (bicyclic) bond motifs is 1. The lowest BCUT2D eigenvalue weighted by Gasteiger charge is -2.09. The lowest BCUT2D eigenvalue weighted by molar-refractivity contribution is -0.121. The summed E-state index contributed by atoms with van der Waals surface area (Å²) in [4.78, 5) is 16.4. The number of carbonyl (C=O) groups excluding carboxylic acids is 1. The number of hydrogen-bond donors (Lipinski definition) is 1. The van der Waals surface area contributed by atoms with Crippen molar-refractivity contribution in [2.75, 3.05) is 5.88 Å². The molecule has 1 fully saturated rings. The van der Waals surface area contributed by atoms with E-state index in [-0.39, 0.29) is 18.3 Å². The molecule has 4 nitrogen and oxygen atoms in total. The topological polar surface area (TPSA) is 46.9 Å². The van der Waals surface area contributed by atoms with Crippen molar-refractivity contribution in [1.29, 1.82) is 0 Å². The summed E-state index contributed by atoms with van der Waals surface area (Å²) in [5.41, 5.74) is 1.27. The largest absolute Gasteiger partial charge is 0.352 e. The summed E-state index contributed by atoms with van der Waals surface area (Å²) >= 11 is 8.96. The van der Waals surface area contributed by atoms with Crippen molar-refractivity contribution < 1.29 is 9.18 Å². The Hall–Kier alpha value is -1.14. The molecule has 1 amide bonds. The molecule has 0 spiro atoms. The number of alkyl halides is 1. The Balaban J connectivity index is 1.97. The van der Waals surface area contributed by atoms with Crippen LogP contribution in [0.1, 0.15) is 18.7 Å². The van der Waals surface area contributed by atoms with Gasteiger partial charge in [0.05, 0.1) is 15.5 Å². The van der Waals surface area contributed by atoms with E-state index in [0.717, 1.165) is 18.4 Å². The van der Waals surface area contributed by atoms with Crippen LogP contribution in [0.5, 0.6) is 0 Å². The van der Waals surface area contributed by atoms with Crippen molar-refractivity contribution in [3.63, 3.8) is 0 Å². The minimum absolute atomic E-state index is 0.0481. The van der Waals surface area contributed by atoms with Crippen molar-refractivity contribution in [2.24, 2.45) is 0 Å². The monoisotopic (exact) mass is 373 g/mol. The average molecular weight is 375 g/mol. The smallest absolute Gasteiger partial charge is 0.240 e. The third-order valence-electron chi connectivity index (χ3n) is 3.43. The third-order valence-corrected chi connectivity index (χ3v) is 4.23. The maximum absolute atomic E-state index is 13.6. The fourth-order valence-corrected chi connectivity index (χ4v) is 2.77. The molecular weight excluding hydrogens is 361 g/mol. The molecule has 0 atom stereocenters. The number of benzene rings is 1. The molecule has 21 heavy (non-hydrogen) atoms. The zero-order chi connectivity index (χ0) is 15.0. The molecule has 0 bridgehead atoms. The van der Waals surface area contributed by atoms with Gasteiger partial charge < -0.3 is 9.88 Å². The first kappa shape index (κ1) is 14.8. The highest BCUT2D eigenvalue weighted by Gasteiger charge is 2.24. The lowest BCUT2D eigenvalue weighted by Crippen LogP contribution is -2.29. The average Bonchev–Trinajstić information content (AvgIpc) is 3.18. The molecule has 0 saturated heterocycles. The molecule has 0 radical (unpaired) electrons. The van der Waals surface area contributed by atoms with Gasteiger partial charge in [0.1, 0.15) is 18.2 Å². The summed E-state index contributed by atoms with van der Waals surface area (Å²) in [6.45, 7) is 0.178. The first-order valence-corrected chi connectivity index (χ1v) is 8.10. The molecule has 1 aliphatic rings. The van der Waals surface area contributed by atoms with E-state index in [1.54, 1.807) is 10.6 Å². The maximum atomic E-state index is 13.6. The van der Waals surface area contributed by atoms with Crippen molar-refractivity contribution in [1.82, 2.24) is 14.9 Å². The number of amides is 1. The third kappa shape index (κ3) is 3.21. The van der Waals surface area contributed by atoms with E-state index in [0.29, 0.717) is 34.2 Å². The number of nitrogens with zero attached hydrogens (tertiary/aromatic N) is 2. The van der Waals surface area contributed by atoms with Crippen molar-refractivity contribution >= 4 is 44.5 Å². The van der Waals surface area contributed by atoms with Crippen LogP contribution in [0.4, 0.5) is 4.39 Å². The molecule has 0 aliphatic heterocycles. The number of aromatic nitrogens is 2. The number of nitrogens with one attached hydrogen (secondary N) is 1. The molecule has 1 aromatic heterocycles. The SMILES string of the molecule is O=C(Cn1c(CCCl)nc2cc(F)c(Br)cc21)NC1CC1. The second-order valence-electron chi connectivity index (χ2n) is 5.15. The second-order valence-corrected chi connectivity index (χ2v) is 6.38. The number of hydrogen-bond acceptors (Lipinski definition) is 2. The fourth-order valence-electron chi connectivity index (χ4n) is 2.27. The Morgan fingerprint density at radius 1 is 1.52 bits per heavy atom. The lowest BCUT2D eigenvalue weighted by atomic mass is 10.3. The molecule has 2 aromatic rings. The molecule has 1 aromatic carbocycles. The van der Waals surface area contributed by atoms with Gasteiger partial charge in [0, 0.05) is 24.4 Å². The van der Waals surface area contributed by atoms with Crippen LogP contribution in [0.25, 0.3) is 11.0 Å². The molecular formula is C14H14BrClFN3O. The molecule has 0 unspecified atom stereocenters. The summed E-state index contributed by atoms with van der Waals surface area (Å²) in [6, 6.07) is 3.33. The Labute approximate surface area is 134 Å². The normalized spacial score (nSPS) is 14.6. The predicted octanol–water partition coefficient (Wildman–Crippen LogP) is 3.00. The van der Waals surface area contributed by atoms with Crippen LogP contribution in [0, 0.1) is 5.82 Å². The van der Waals surface area contributed by atoms with E-state index in [4.69, 9.17) is 11.6 Å². The quantitative estimate of drug-likeness (QED) is 0.818. The molecule has 1 N–H and O–H groups in total. The Kier molecular flexibility index (Phi) is 4.17. The van der Waals surface area contributed by atoms with Crippen molar-refractivity contribution in [2.45, 2.75) is 31.8 Å². The minimum Gasteiger partial charge on any atom is -0.352 e. The number of halogens is 3. The molecule has 1 saturated carbocycles. The highest BCUT2D eigenvalue weighted by atomic mass is 79.9. The molecule has 1 aliphatic carbocycles. The van der Waals surface area contributed by atoms with Gasteiger partial charge in [0.25, 0.3) is 0 Å². The van der Waals surface area contributed by atoms with Gasteiger partial charge in [-0.25, -0.2) is 9.37 Å². The van der Waals surface area contributed by atoms with Gasteiger partial charge in [-0.05, 0) is 34.8 Å². The standard InChI is InChI=1S/C14H14BrClFN3O/c15-9-5-12-11(6-10(9)17)19-13(3-4-16)20(12)7-14(21)18-8-1-2-8/h5-6,8H,1-4,7H2,(H,18,21). The summed E-state index contributed by atoms with van der Waals surface area (Å²) in [7, 11) is 0. The first-order valence-electron chi connectivity index (χ1n) is 6.78. The van der Waals surface area contributed by atoms with Gasteiger partial charge in [-0.2, -0.15) is 0 Å². The number of rotatable bonds is 5. The van der Waals surface area contributed by atoms with Crippen LogP contribution in [0.3, 0.4) is 0 Å². The number of imidazole rings is 1. The van der Waals surface area contributed by atoms with Crippen molar-refractivity contribution in [3.8, 4) is 0 Å². The van der Waals surface area contributed by atoms with E-state index >= 15 is 0 Å². The van der Waals surface area contributed by atoms with Crippen LogP contribution in [0.15, 0.2) is 16.6 Å². The predicted molar refractivity (Wildman–Crippen MR) is 83.0 cm³/mol. The summed E-state index contributed by atoms with van der Waals surface area (Å²) in [6.07, 6.45) is 2.62. The van der Waals surface area contributed by atoms with Gasteiger partial charge in [-0.1, -0.05) is 0 Å². The van der Waals surface area contributed by atoms with E-state index in [1.165, 1.54) is 6.07 Å². The van der Waals surface area contributed by atoms with Crippen molar-refractivity contribution in [3.05, 3.63) is 28.2 Å². The van der Waals surface area contributed by atoms with Gasteiger partial charge in [-0.15, -0.1) is 11.6 Å². The maximum Gasteiger partial charge on any atom is 0.240 e. The van der Waals surface area contributed by atoms with Crippen LogP contribution >= 0.6 is 27.5 Å².